The van der Waals surface area contributed by atoms with Crippen LogP contribution in [0.2, 0.25) is 0 Å². The number of nitrogens with zero attached hydrogens (tertiary/aromatic N) is 1. The van der Waals surface area contributed by atoms with Crippen molar-refractivity contribution < 1.29 is 19.2 Å². The van der Waals surface area contributed by atoms with E-state index in [0.29, 0.717) is 17.2 Å². The van der Waals surface area contributed by atoms with E-state index in [4.69, 9.17) is 9.47 Å². The van der Waals surface area contributed by atoms with Crippen LogP contribution in [0.5, 0.6) is 11.5 Å². The van der Waals surface area contributed by atoms with Crippen LogP contribution in [0.15, 0.2) is 36.4 Å². The number of aryl methyl sites for hydroxylation is 1. The largest absolute Gasteiger partial charge is 0.497 e. The van der Waals surface area contributed by atoms with Gasteiger partial charge < -0.3 is 14.8 Å². The Bertz CT molecular complexity index is 758. The summed E-state index contributed by atoms with van der Waals surface area (Å²) in [6.07, 6.45) is 0. The van der Waals surface area contributed by atoms with Crippen molar-refractivity contribution in [3.8, 4) is 11.5 Å². The number of rotatable bonds is 5. The molecule has 0 aliphatic heterocycles. The quantitative estimate of drug-likeness (QED) is 0.676. The molecule has 120 valence electrons. The minimum atomic E-state index is -0.602. The molecule has 1 N–H and O–H groups in total. The number of carbonyl (C=O) groups is 1. The highest BCUT2D eigenvalue weighted by atomic mass is 16.6. The van der Waals surface area contributed by atoms with Gasteiger partial charge in [-0.3, -0.25) is 14.9 Å². The monoisotopic (exact) mass is 316 g/mol. The van der Waals surface area contributed by atoms with Crippen molar-refractivity contribution in [1.29, 1.82) is 0 Å². The first kappa shape index (κ1) is 16.3. The molecule has 0 heterocycles. The number of benzene rings is 2. The first-order valence-electron chi connectivity index (χ1n) is 6.74. The Morgan fingerprint density at radius 1 is 1.09 bits per heavy atom. The predicted molar refractivity (Wildman–Crippen MR) is 85.3 cm³/mol. The van der Waals surface area contributed by atoms with Crippen molar-refractivity contribution in [2.24, 2.45) is 0 Å². The first-order chi connectivity index (χ1) is 11.0. The molecule has 0 aromatic heterocycles. The number of anilines is 1. The maximum Gasteiger partial charge on any atom is 0.282 e. The van der Waals surface area contributed by atoms with E-state index in [1.807, 2.05) is 0 Å². The van der Waals surface area contributed by atoms with E-state index in [0.717, 1.165) is 5.56 Å². The molecule has 0 aliphatic carbocycles. The van der Waals surface area contributed by atoms with Gasteiger partial charge in [0.2, 0.25) is 0 Å². The van der Waals surface area contributed by atoms with E-state index in [1.165, 1.54) is 25.3 Å². The number of hydrogen-bond acceptors (Lipinski definition) is 5. The molecule has 0 bridgehead atoms. The Morgan fingerprint density at radius 3 is 2.26 bits per heavy atom. The van der Waals surface area contributed by atoms with Crippen molar-refractivity contribution in [2.75, 3.05) is 19.5 Å². The summed E-state index contributed by atoms with van der Waals surface area (Å²) in [6.45, 7) is 1.80. The van der Waals surface area contributed by atoms with Crippen LogP contribution in [0.4, 0.5) is 11.4 Å². The van der Waals surface area contributed by atoms with Gasteiger partial charge in [0.1, 0.15) is 17.1 Å². The lowest BCUT2D eigenvalue weighted by Crippen LogP contribution is -2.15. The van der Waals surface area contributed by atoms with Crippen LogP contribution < -0.4 is 14.8 Å². The number of nitro benzene ring substituents is 1. The lowest BCUT2D eigenvalue weighted by molar-refractivity contribution is -0.385. The molecule has 0 spiro atoms. The summed E-state index contributed by atoms with van der Waals surface area (Å²) in [5, 5.41) is 13.8. The van der Waals surface area contributed by atoms with Crippen LogP contribution in [-0.4, -0.2) is 25.1 Å². The van der Waals surface area contributed by atoms with Crippen molar-refractivity contribution >= 4 is 17.3 Å². The number of carbonyl (C=O) groups excluding carboxylic acids is 1. The minimum absolute atomic E-state index is 0.0652. The highest BCUT2D eigenvalue weighted by molar-refractivity contribution is 6.07. The van der Waals surface area contributed by atoms with Gasteiger partial charge in [-0.1, -0.05) is 0 Å². The SMILES string of the molecule is COc1ccc(NC(=O)c2cc(OC)ccc2[N+](=O)[O-])c(C)c1. The van der Waals surface area contributed by atoms with E-state index in [-0.39, 0.29) is 11.3 Å². The zero-order valence-corrected chi connectivity index (χ0v) is 13.0. The molecular weight excluding hydrogens is 300 g/mol. The Labute approximate surface area is 133 Å². The molecule has 2 rings (SSSR count). The van der Waals surface area contributed by atoms with Crippen molar-refractivity contribution in [3.05, 3.63) is 57.6 Å². The summed E-state index contributed by atoms with van der Waals surface area (Å²) in [6, 6.07) is 9.16. The van der Waals surface area contributed by atoms with Gasteiger partial charge in [-0.05, 0) is 42.8 Å². The fourth-order valence-electron chi connectivity index (χ4n) is 2.08. The zero-order valence-electron chi connectivity index (χ0n) is 13.0. The summed E-state index contributed by atoms with van der Waals surface area (Å²) in [4.78, 5) is 22.9. The second-order valence-corrected chi connectivity index (χ2v) is 4.78. The molecular formula is C16H16N2O5. The summed E-state index contributed by atoms with van der Waals surface area (Å²) < 4.78 is 10.1. The number of ether oxygens (including phenoxy) is 2. The molecule has 7 nitrogen and oxygen atoms in total. The summed E-state index contributed by atoms with van der Waals surface area (Å²) in [7, 11) is 2.98. The molecule has 2 aromatic carbocycles. The lowest BCUT2D eigenvalue weighted by atomic mass is 10.1. The first-order valence-corrected chi connectivity index (χ1v) is 6.74. The second-order valence-electron chi connectivity index (χ2n) is 4.78. The van der Waals surface area contributed by atoms with E-state index in [1.54, 1.807) is 32.2 Å². The maximum atomic E-state index is 12.4. The molecule has 0 atom stereocenters. The number of amides is 1. The van der Waals surface area contributed by atoms with Crippen LogP contribution in [-0.2, 0) is 0 Å². The van der Waals surface area contributed by atoms with Gasteiger partial charge in [-0.15, -0.1) is 0 Å². The standard InChI is InChI=1S/C16H16N2O5/c1-10-8-11(22-2)4-6-14(10)17-16(19)13-9-12(23-3)5-7-15(13)18(20)21/h4-9H,1-3H3,(H,17,19). The number of methoxy groups -OCH3 is 2. The third-order valence-electron chi connectivity index (χ3n) is 3.33. The Balaban J connectivity index is 2.35. The molecule has 0 fully saturated rings. The normalized spacial score (nSPS) is 10.0. The van der Waals surface area contributed by atoms with E-state index in [9.17, 15) is 14.9 Å². The molecule has 0 aliphatic rings. The van der Waals surface area contributed by atoms with Crippen LogP contribution in [0, 0.1) is 17.0 Å². The number of nitrogens with one attached hydrogen (secondary N) is 1. The third-order valence-corrected chi connectivity index (χ3v) is 3.33. The van der Waals surface area contributed by atoms with Gasteiger partial charge in [-0.2, -0.15) is 0 Å². The Hall–Kier alpha value is -3.09. The maximum absolute atomic E-state index is 12.4. The molecule has 23 heavy (non-hydrogen) atoms. The van der Waals surface area contributed by atoms with E-state index < -0.39 is 10.8 Å². The number of hydrogen-bond donors (Lipinski definition) is 1. The number of nitro groups is 1. The fraction of sp³-hybridized carbons (Fsp3) is 0.188. The smallest absolute Gasteiger partial charge is 0.282 e. The van der Waals surface area contributed by atoms with Crippen LogP contribution in [0.25, 0.3) is 0 Å². The van der Waals surface area contributed by atoms with Crippen LogP contribution in [0.3, 0.4) is 0 Å². The van der Waals surface area contributed by atoms with Gasteiger partial charge in [-0.25, -0.2) is 0 Å². The van der Waals surface area contributed by atoms with Gasteiger partial charge in [0, 0.05) is 11.8 Å². The average molecular weight is 316 g/mol. The van der Waals surface area contributed by atoms with Gasteiger partial charge >= 0.3 is 0 Å². The van der Waals surface area contributed by atoms with Gasteiger partial charge in [0.15, 0.2) is 0 Å². The topological polar surface area (TPSA) is 90.7 Å². The molecule has 0 unspecified atom stereocenters. The van der Waals surface area contributed by atoms with E-state index >= 15 is 0 Å². The zero-order chi connectivity index (χ0) is 17.0. The minimum Gasteiger partial charge on any atom is -0.497 e. The van der Waals surface area contributed by atoms with E-state index in [2.05, 4.69) is 5.32 Å². The highest BCUT2D eigenvalue weighted by Gasteiger charge is 2.21. The Morgan fingerprint density at radius 2 is 1.70 bits per heavy atom. The predicted octanol–water partition coefficient (Wildman–Crippen LogP) is 3.17. The lowest BCUT2D eigenvalue weighted by Gasteiger charge is -2.11. The van der Waals surface area contributed by atoms with Crippen LogP contribution in [0.1, 0.15) is 15.9 Å². The second kappa shape index (κ2) is 6.78. The summed E-state index contributed by atoms with van der Waals surface area (Å²) >= 11 is 0. The third kappa shape index (κ3) is 3.57. The van der Waals surface area contributed by atoms with Crippen LogP contribution >= 0.6 is 0 Å². The summed E-state index contributed by atoms with van der Waals surface area (Å²) in [5.74, 6) is 0.448. The van der Waals surface area contributed by atoms with Crippen molar-refractivity contribution in [3.63, 3.8) is 0 Å². The van der Waals surface area contributed by atoms with Gasteiger partial charge in [0.25, 0.3) is 11.6 Å². The molecule has 0 radical (unpaired) electrons. The Kier molecular flexibility index (Phi) is 4.80. The molecule has 1 amide bonds. The average Bonchev–Trinajstić information content (AvgIpc) is 2.55. The van der Waals surface area contributed by atoms with Crippen molar-refractivity contribution in [1.82, 2.24) is 0 Å². The fourth-order valence-corrected chi connectivity index (χ4v) is 2.08. The van der Waals surface area contributed by atoms with Crippen molar-refractivity contribution in [2.45, 2.75) is 6.92 Å². The highest BCUT2D eigenvalue weighted by Crippen LogP contribution is 2.26. The van der Waals surface area contributed by atoms with Gasteiger partial charge in [0.05, 0.1) is 19.1 Å². The molecule has 7 heteroatoms. The summed E-state index contributed by atoms with van der Waals surface area (Å²) in [5.41, 5.74) is 0.982. The molecule has 0 saturated heterocycles. The molecule has 2 aromatic rings. The molecule has 0 saturated carbocycles.